The molecule has 0 aliphatic heterocycles. The highest BCUT2D eigenvalue weighted by molar-refractivity contribution is 5.95. The highest BCUT2D eigenvalue weighted by Crippen LogP contribution is 2.26. The van der Waals surface area contributed by atoms with E-state index in [1.54, 1.807) is 0 Å². The predicted molar refractivity (Wildman–Crippen MR) is 82.7 cm³/mol. The van der Waals surface area contributed by atoms with Gasteiger partial charge < -0.3 is 14.1 Å². The molecular formula is C17H24NO3+. The molecule has 2 rings (SSSR count). The lowest BCUT2D eigenvalue weighted by Gasteiger charge is -2.21. The number of carbonyl (C=O) groups is 1. The number of aryl methyl sites for hydroxylation is 1. The second-order valence-corrected chi connectivity index (χ2v) is 6.05. The second-order valence-electron chi connectivity index (χ2n) is 6.05. The Balaban J connectivity index is 2.13. The van der Waals surface area contributed by atoms with Crippen LogP contribution >= 0.6 is 0 Å². The van der Waals surface area contributed by atoms with Crippen molar-refractivity contribution in [3.05, 3.63) is 35.6 Å². The minimum Gasteiger partial charge on any atom is -0.456 e. The molecule has 1 N–H and O–H groups in total. The number of para-hydroxylation sites is 1. The molecule has 0 aliphatic rings. The van der Waals surface area contributed by atoms with Crippen molar-refractivity contribution in [3.63, 3.8) is 0 Å². The largest absolute Gasteiger partial charge is 0.456 e. The van der Waals surface area contributed by atoms with Crippen molar-refractivity contribution in [2.24, 2.45) is 5.92 Å². The van der Waals surface area contributed by atoms with Gasteiger partial charge in [0.25, 0.3) is 0 Å². The molecule has 0 saturated heterocycles. The van der Waals surface area contributed by atoms with E-state index in [0.29, 0.717) is 11.7 Å². The van der Waals surface area contributed by atoms with Crippen LogP contribution in [-0.2, 0) is 4.74 Å². The van der Waals surface area contributed by atoms with Gasteiger partial charge in [0.1, 0.15) is 11.7 Å². The predicted octanol–water partition coefficient (Wildman–Crippen LogP) is 2.07. The number of hydrogen-bond acceptors (Lipinski definition) is 3. The average molecular weight is 290 g/mol. The summed E-state index contributed by atoms with van der Waals surface area (Å²) < 4.78 is 11.2. The molecule has 2 atom stereocenters. The number of furan rings is 1. The summed E-state index contributed by atoms with van der Waals surface area (Å²) in [6.45, 7) is 6.87. The van der Waals surface area contributed by atoms with Crippen molar-refractivity contribution >= 4 is 16.9 Å². The van der Waals surface area contributed by atoms with Crippen molar-refractivity contribution in [2.45, 2.75) is 26.9 Å². The molecule has 1 heterocycles. The van der Waals surface area contributed by atoms with Crippen molar-refractivity contribution in [2.75, 3.05) is 20.6 Å². The number of nitrogens with one attached hydrogen (secondary N) is 1. The van der Waals surface area contributed by atoms with Crippen LogP contribution in [0.1, 0.15) is 30.0 Å². The quantitative estimate of drug-likeness (QED) is 0.857. The van der Waals surface area contributed by atoms with Gasteiger partial charge in [-0.25, -0.2) is 4.79 Å². The highest BCUT2D eigenvalue weighted by Gasteiger charge is 2.24. The van der Waals surface area contributed by atoms with Gasteiger partial charge >= 0.3 is 5.97 Å². The van der Waals surface area contributed by atoms with E-state index < -0.39 is 0 Å². The van der Waals surface area contributed by atoms with Crippen LogP contribution in [0, 0.1) is 12.8 Å². The number of rotatable bonds is 5. The molecule has 0 aliphatic carbocycles. The molecule has 0 radical (unpaired) electrons. The van der Waals surface area contributed by atoms with Crippen LogP contribution in [0.3, 0.4) is 0 Å². The van der Waals surface area contributed by atoms with Crippen LogP contribution in [-0.4, -0.2) is 32.7 Å². The Kier molecular flexibility index (Phi) is 4.68. The second kappa shape index (κ2) is 6.31. The molecule has 2 aromatic rings. The van der Waals surface area contributed by atoms with E-state index in [1.165, 1.54) is 4.90 Å². The van der Waals surface area contributed by atoms with Crippen LogP contribution in [0.15, 0.2) is 28.7 Å². The Hall–Kier alpha value is -1.81. The molecule has 4 heteroatoms. The monoisotopic (exact) mass is 290 g/mol. The van der Waals surface area contributed by atoms with Crippen molar-refractivity contribution < 1.29 is 18.8 Å². The van der Waals surface area contributed by atoms with Gasteiger partial charge in [-0.1, -0.05) is 25.1 Å². The maximum Gasteiger partial charge on any atom is 0.374 e. The molecule has 4 nitrogen and oxygen atoms in total. The van der Waals surface area contributed by atoms with Gasteiger partial charge in [-0.2, -0.15) is 0 Å². The first-order chi connectivity index (χ1) is 9.90. The Morgan fingerprint density at radius 2 is 1.95 bits per heavy atom. The van der Waals surface area contributed by atoms with Gasteiger partial charge in [-0.15, -0.1) is 0 Å². The summed E-state index contributed by atoms with van der Waals surface area (Å²) in [6, 6.07) is 7.64. The lowest BCUT2D eigenvalue weighted by molar-refractivity contribution is -0.862. The first-order valence-corrected chi connectivity index (χ1v) is 7.38. The number of carbonyl (C=O) groups excluding carboxylic acids is 1. The third kappa shape index (κ3) is 3.45. The number of quaternary nitrogens is 1. The molecule has 1 aromatic heterocycles. The summed E-state index contributed by atoms with van der Waals surface area (Å²) in [7, 11) is 4.18. The fourth-order valence-electron chi connectivity index (χ4n) is 2.52. The number of ether oxygens (including phenoxy) is 1. The maximum absolute atomic E-state index is 12.3. The van der Waals surface area contributed by atoms with Crippen LogP contribution < -0.4 is 4.90 Å². The molecule has 0 amide bonds. The smallest absolute Gasteiger partial charge is 0.374 e. The van der Waals surface area contributed by atoms with Crippen molar-refractivity contribution in [3.8, 4) is 0 Å². The minimum absolute atomic E-state index is 0.139. The van der Waals surface area contributed by atoms with Crippen LogP contribution in [0.2, 0.25) is 0 Å². The van der Waals surface area contributed by atoms with E-state index >= 15 is 0 Å². The first kappa shape index (κ1) is 15.6. The number of benzene rings is 1. The molecule has 0 saturated carbocycles. The number of esters is 1. The molecule has 0 spiro atoms. The van der Waals surface area contributed by atoms with Crippen LogP contribution in [0.25, 0.3) is 11.0 Å². The van der Waals surface area contributed by atoms with E-state index in [1.807, 2.05) is 38.1 Å². The molecule has 21 heavy (non-hydrogen) atoms. The van der Waals surface area contributed by atoms with Crippen LogP contribution in [0.4, 0.5) is 0 Å². The van der Waals surface area contributed by atoms with E-state index in [0.717, 1.165) is 23.1 Å². The summed E-state index contributed by atoms with van der Waals surface area (Å²) >= 11 is 0. The Bertz CT molecular complexity index is 630. The lowest BCUT2D eigenvalue weighted by Crippen LogP contribution is -3.06. The topological polar surface area (TPSA) is 43.9 Å². The van der Waals surface area contributed by atoms with Gasteiger partial charge in [-0.05, 0) is 19.9 Å². The molecule has 114 valence electrons. The third-order valence-electron chi connectivity index (χ3n) is 3.85. The molecule has 0 unspecified atom stereocenters. The van der Waals surface area contributed by atoms with Gasteiger partial charge in [0.2, 0.25) is 5.76 Å². The molecular weight excluding hydrogens is 266 g/mol. The SMILES string of the molecule is Cc1c(C(=O)O[C@@H](C)[C@H](C)C[NH+](C)C)oc2ccccc12. The van der Waals surface area contributed by atoms with Gasteiger partial charge in [-0.3, -0.25) is 0 Å². The zero-order valence-corrected chi connectivity index (χ0v) is 13.4. The zero-order valence-electron chi connectivity index (χ0n) is 13.4. The first-order valence-electron chi connectivity index (χ1n) is 7.38. The average Bonchev–Trinajstić information content (AvgIpc) is 2.76. The summed E-state index contributed by atoms with van der Waals surface area (Å²) in [5.74, 6) is 0.230. The summed E-state index contributed by atoms with van der Waals surface area (Å²) in [5, 5.41) is 0.961. The van der Waals surface area contributed by atoms with Crippen LogP contribution in [0.5, 0.6) is 0 Å². The molecule has 1 aromatic carbocycles. The van der Waals surface area contributed by atoms with Gasteiger partial charge in [0.05, 0.1) is 20.6 Å². The molecule has 0 bridgehead atoms. The summed E-state index contributed by atoms with van der Waals surface area (Å²) in [4.78, 5) is 13.7. The highest BCUT2D eigenvalue weighted by atomic mass is 16.6. The standard InChI is InChI=1S/C17H23NO3/c1-11(10-18(4)5)13(3)20-17(19)16-12(2)14-8-6-7-9-15(14)21-16/h6-9,11,13H,10H2,1-5H3/p+1/t11-,13+/m1/s1. The van der Waals surface area contributed by atoms with Gasteiger partial charge in [0.15, 0.2) is 0 Å². The summed E-state index contributed by atoms with van der Waals surface area (Å²) in [5.41, 5.74) is 1.56. The summed E-state index contributed by atoms with van der Waals surface area (Å²) in [6.07, 6.45) is -0.139. The van der Waals surface area contributed by atoms with Crippen molar-refractivity contribution in [1.82, 2.24) is 0 Å². The zero-order chi connectivity index (χ0) is 15.6. The normalized spacial score (nSPS) is 14.4. The Morgan fingerprint density at radius 3 is 2.57 bits per heavy atom. The fourth-order valence-corrected chi connectivity index (χ4v) is 2.52. The lowest BCUT2D eigenvalue weighted by atomic mass is 10.1. The minimum atomic E-state index is -0.378. The maximum atomic E-state index is 12.3. The van der Waals surface area contributed by atoms with Gasteiger partial charge in [0, 0.05) is 16.9 Å². The fraction of sp³-hybridized carbons (Fsp3) is 0.471. The van der Waals surface area contributed by atoms with E-state index in [9.17, 15) is 4.79 Å². The Morgan fingerprint density at radius 1 is 1.29 bits per heavy atom. The van der Waals surface area contributed by atoms with E-state index in [-0.39, 0.29) is 12.1 Å². The third-order valence-corrected chi connectivity index (χ3v) is 3.85. The Labute approximate surface area is 125 Å². The number of fused-ring (bicyclic) bond motifs is 1. The molecule has 0 fully saturated rings. The number of hydrogen-bond donors (Lipinski definition) is 1. The van der Waals surface area contributed by atoms with E-state index in [2.05, 4.69) is 21.0 Å². The van der Waals surface area contributed by atoms with Crippen molar-refractivity contribution in [1.29, 1.82) is 0 Å². The van der Waals surface area contributed by atoms with E-state index in [4.69, 9.17) is 9.15 Å².